The normalized spacial score (nSPS) is 15.3. The Kier molecular flexibility index (Phi) is 10.2. The van der Waals surface area contributed by atoms with Gasteiger partial charge in [-0.2, -0.15) is 0 Å². The van der Waals surface area contributed by atoms with Crippen molar-refractivity contribution in [3.8, 4) is 39.1 Å². The second-order valence-electron chi connectivity index (χ2n) is 16.1. The van der Waals surface area contributed by atoms with Crippen molar-refractivity contribution >= 4 is 13.3 Å². The lowest BCUT2D eigenvalue weighted by Crippen LogP contribution is -2.49. The second-order valence-corrected chi connectivity index (χ2v) is 20.6. The fourth-order valence-corrected chi connectivity index (χ4v) is 11.9. The predicted octanol–water partition coefficient (Wildman–Crippen LogP) is 13.2. The van der Waals surface area contributed by atoms with Crippen LogP contribution >= 0.6 is 0 Å². The Morgan fingerprint density at radius 3 is 1.64 bits per heavy atom. The average Bonchev–Trinajstić information content (AvgIpc) is 3.46. The van der Waals surface area contributed by atoms with Crippen molar-refractivity contribution in [1.29, 1.82) is 0 Å². The zero-order valence-corrected chi connectivity index (χ0v) is 32.9. The molecule has 0 saturated heterocycles. The van der Waals surface area contributed by atoms with Crippen LogP contribution in [-0.2, 0) is 5.41 Å². The zero-order valence-electron chi connectivity index (χ0n) is 31.9. The highest BCUT2D eigenvalue weighted by Crippen LogP contribution is 2.52. The molecule has 2 atom stereocenters. The topological polar surface area (TPSA) is 9.23 Å². The lowest BCUT2D eigenvalue weighted by molar-refractivity contribution is 0.354. The molecule has 1 aliphatic rings. The maximum absolute atomic E-state index is 6.68. The molecular weight excluding hydrogens is 621 g/mol. The molecule has 6 rings (SSSR count). The van der Waals surface area contributed by atoms with Gasteiger partial charge in [-0.05, 0) is 96.5 Å². The summed E-state index contributed by atoms with van der Waals surface area (Å²) in [6, 6.07) is 39.6. The minimum atomic E-state index is -2.35. The zero-order chi connectivity index (χ0) is 35.8. The summed E-state index contributed by atoms with van der Waals surface area (Å²) in [6.45, 7) is 25.8. The first-order valence-corrected chi connectivity index (χ1v) is 21.8. The molecule has 0 spiro atoms. The Morgan fingerprint density at radius 1 is 0.680 bits per heavy atom. The molecule has 2 heteroatoms. The summed E-state index contributed by atoms with van der Waals surface area (Å²) in [5, 5.41) is 1.38. The van der Waals surface area contributed by atoms with E-state index < -0.39 is 8.07 Å². The van der Waals surface area contributed by atoms with Gasteiger partial charge in [0.2, 0.25) is 0 Å². The van der Waals surface area contributed by atoms with Gasteiger partial charge >= 0.3 is 0 Å². The fourth-order valence-electron chi connectivity index (χ4n) is 8.28. The van der Waals surface area contributed by atoms with Crippen LogP contribution in [0.15, 0.2) is 116 Å². The van der Waals surface area contributed by atoms with Crippen molar-refractivity contribution in [2.75, 3.05) is 6.61 Å². The van der Waals surface area contributed by atoms with Crippen LogP contribution in [0.5, 0.6) is 5.75 Å². The molecule has 0 aliphatic heterocycles. The summed E-state index contributed by atoms with van der Waals surface area (Å²) in [5.41, 5.74) is 15.3. The highest BCUT2D eigenvalue weighted by Gasteiger charge is 2.44. The van der Waals surface area contributed by atoms with E-state index in [1.165, 1.54) is 66.4 Å². The summed E-state index contributed by atoms with van der Waals surface area (Å²) in [6.07, 6.45) is 4.11. The third-order valence-electron chi connectivity index (χ3n) is 11.4. The number of benzene rings is 5. The summed E-state index contributed by atoms with van der Waals surface area (Å²) in [4.78, 5) is 0. The molecule has 2 unspecified atom stereocenters. The first-order valence-electron chi connectivity index (χ1n) is 18.8. The van der Waals surface area contributed by atoms with Crippen molar-refractivity contribution < 1.29 is 4.74 Å². The molecule has 50 heavy (non-hydrogen) atoms. The van der Waals surface area contributed by atoms with Crippen molar-refractivity contribution in [1.82, 2.24) is 0 Å². The third-order valence-corrected chi connectivity index (χ3v) is 15.3. The molecule has 0 radical (unpaired) electrons. The third kappa shape index (κ3) is 6.44. The quantitative estimate of drug-likeness (QED) is 0.0999. The molecule has 0 bridgehead atoms. The highest BCUT2D eigenvalue weighted by molar-refractivity contribution is 6.92. The van der Waals surface area contributed by atoms with Crippen LogP contribution in [0.1, 0.15) is 107 Å². The standard InChI is InChI=1S/C48H56OSi/c1-11-29-49-46-44(48(6,7)8)23-18-24-45(46)50(9,10)47-42-30-34(38-21-16-14-19-36(38)32(4)12-2)25-27-40(42)41-28-26-35(31-43(41)47)39-22-17-15-20-37(39)33(5)13-3/h11,14-28,30-33,47H,1,12-13,29H2,2-10H3. The van der Waals surface area contributed by atoms with Gasteiger partial charge < -0.3 is 4.74 Å². The number of hydrogen-bond donors (Lipinski definition) is 0. The largest absolute Gasteiger partial charge is 0.489 e. The van der Waals surface area contributed by atoms with E-state index in [4.69, 9.17) is 4.74 Å². The van der Waals surface area contributed by atoms with Crippen molar-refractivity contribution in [2.45, 2.75) is 97.2 Å². The van der Waals surface area contributed by atoms with Crippen molar-refractivity contribution in [2.24, 2.45) is 0 Å². The molecule has 0 saturated carbocycles. The van der Waals surface area contributed by atoms with E-state index in [0.29, 0.717) is 18.4 Å². The van der Waals surface area contributed by atoms with Crippen LogP contribution in [-0.4, -0.2) is 14.7 Å². The molecule has 0 amide bonds. The Hall–Kier alpha value is -4.14. The SMILES string of the molecule is C=CCOc1c(C(C)(C)C)cccc1[Si](C)(C)C1c2cc(-c3ccccc3C(C)CC)ccc2-c2ccc(-c3ccccc3C(C)CC)cc21. The van der Waals surface area contributed by atoms with Crippen LogP contribution < -0.4 is 9.92 Å². The minimum Gasteiger partial charge on any atom is -0.489 e. The Labute approximate surface area is 303 Å². The summed E-state index contributed by atoms with van der Waals surface area (Å²) in [7, 11) is -2.35. The molecule has 0 N–H and O–H groups in total. The van der Waals surface area contributed by atoms with Crippen LogP contribution in [0.25, 0.3) is 33.4 Å². The molecule has 0 fully saturated rings. The van der Waals surface area contributed by atoms with E-state index in [1.54, 1.807) is 0 Å². The maximum atomic E-state index is 6.68. The van der Waals surface area contributed by atoms with Gasteiger partial charge in [-0.25, -0.2) is 0 Å². The number of hydrogen-bond acceptors (Lipinski definition) is 1. The maximum Gasteiger partial charge on any atom is 0.122 e. The number of fused-ring (bicyclic) bond motifs is 3. The first kappa shape index (κ1) is 35.7. The number of para-hydroxylation sites is 1. The van der Waals surface area contributed by atoms with E-state index in [1.807, 2.05) is 6.08 Å². The van der Waals surface area contributed by atoms with E-state index in [-0.39, 0.29) is 11.0 Å². The molecule has 5 aromatic carbocycles. The lowest BCUT2D eigenvalue weighted by atomic mass is 9.86. The Balaban J connectivity index is 1.61. The summed E-state index contributed by atoms with van der Waals surface area (Å²) >= 11 is 0. The number of rotatable bonds is 11. The molecular formula is C48H56OSi. The van der Waals surface area contributed by atoms with Gasteiger partial charge in [-0.3, -0.25) is 0 Å². The molecule has 0 heterocycles. The fraction of sp³-hybridized carbons (Fsp3) is 0.333. The van der Waals surface area contributed by atoms with Crippen LogP contribution in [0.4, 0.5) is 0 Å². The van der Waals surface area contributed by atoms with Gasteiger partial charge in [0.15, 0.2) is 0 Å². The lowest BCUT2D eigenvalue weighted by Gasteiger charge is -2.35. The van der Waals surface area contributed by atoms with Gasteiger partial charge in [0.1, 0.15) is 12.4 Å². The molecule has 1 aliphatic carbocycles. The van der Waals surface area contributed by atoms with Crippen LogP contribution in [0.2, 0.25) is 13.1 Å². The monoisotopic (exact) mass is 676 g/mol. The van der Waals surface area contributed by atoms with E-state index in [0.717, 1.165) is 18.6 Å². The highest BCUT2D eigenvalue weighted by atomic mass is 28.3. The van der Waals surface area contributed by atoms with Gasteiger partial charge in [0.25, 0.3) is 0 Å². The van der Waals surface area contributed by atoms with Gasteiger partial charge in [0.05, 0.1) is 8.07 Å². The number of ether oxygens (including phenoxy) is 1. The van der Waals surface area contributed by atoms with E-state index in [2.05, 4.69) is 171 Å². The first-order chi connectivity index (χ1) is 23.9. The summed E-state index contributed by atoms with van der Waals surface area (Å²) < 4.78 is 6.68. The van der Waals surface area contributed by atoms with E-state index in [9.17, 15) is 0 Å². The molecule has 1 nitrogen and oxygen atoms in total. The second kappa shape index (κ2) is 14.2. The van der Waals surface area contributed by atoms with Crippen LogP contribution in [0, 0.1) is 0 Å². The Bertz CT molecular complexity index is 1900. The smallest absolute Gasteiger partial charge is 0.122 e. The molecule has 0 aromatic heterocycles. The Morgan fingerprint density at radius 2 is 1.18 bits per heavy atom. The summed E-state index contributed by atoms with van der Waals surface area (Å²) in [5.74, 6) is 2.05. The molecule has 258 valence electrons. The minimum absolute atomic E-state index is 0.0534. The van der Waals surface area contributed by atoms with Crippen LogP contribution in [0.3, 0.4) is 0 Å². The van der Waals surface area contributed by atoms with Crippen molar-refractivity contribution in [3.05, 3.63) is 144 Å². The van der Waals surface area contributed by atoms with Gasteiger partial charge in [0, 0.05) is 5.54 Å². The molecule has 5 aromatic rings. The van der Waals surface area contributed by atoms with Gasteiger partial charge in [-0.1, -0.05) is 177 Å². The predicted molar refractivity (Wildman–Crippen MR) is 220 cm³/mol. The average molecular weight is 677 g/mol. The van der Waals surface area contributed by atoms with Gasteiger partial charge in [-0.15, -0.1) is 0 Å². The van der Waals surface area contributed by atoms with E-state index >= 15 is 0 Å². The van der Waals surface area contributed by atoms with Crippen molar-refractivity contribution in [3.63, 3.8) is 0 Å².